The second-order valence-electron chi connectivity index (χ2n) is 8.07. The molecule has 0 aliphatic carbocycles. The lowest BCUT2D eigenvalue weighted by Gasteiger charge is -2.26. The van der Waals surface area contributed by atoms with Gasteiger partial charge in [-0.25, -0.2) is 4.79 Å². The number of fused-ring (bicyclic) bond motifs is 1. The third-order valence-corrected chi connectivity index (χ3v) is 5.59. The summed E-state index contributed by atoms with van der Waals surface area (Å²) in [6, 6.07) is 11.6. The van der Waals surface area contributed by atoms with Gasteiger partial charge < -0.3 is 19.9 Å². The maximum absolute atomic E-state index is 13.0. The minimum atomic E-state index is -1.58. The average Bonchev–Trinajstić information content (AvgIpc) is 3.26. The normalized spacial score (nSPS) is 18.8. The number of imide groups is 1. The molecule has 1 saturated heterocycles. The molecule has 4 rings (SSSR count). The third-order valence-electron chi connectivity index (χ3n) is 5.59. The van der Waals surface area contributed by atoms with Gasteiger partial charge in [0.25, 0.3) is 11.8 Å². The molecule has 1 fully saturated rings. The Labute approximate surface area is 191 Å². The number of carbonyl (C=O) groups is 3. The number of benzene rings is 2. The number of hydrogen-bond donors (Lipinski definition) is 3. The highest BCUT2D eigenvalue weighted by Gasteiger charge is 2.48. The van der Waals surface area contributed by atoms with Gasteiger partial charge in [0.1, 0.15) is 11.6 Å². The van der Waals surface area contributed by atoms with Gasteiger partial charge in [-0.1, -0.05) is 30.0 Å². The molecule has 9 nitrogen and oxygen atoms in total. The van der Waals surface area contributed by atoms with Crippen LogP contribution in [0.2, 0.25) is 0 Å². The van der Waals surface area contributed by atoms with Crippen molar-refractivity contribution in [3.63, 3.8) is 0 Å². The zero-order chi connectivity index (χ0) is 23.8. The Hall–Kier alpha value is -4.32. The van der Waals surface area contributed by atoms with Crippen molar-refractivity contribution in [2.45, 2.75) is 12.1 Å². The van der Waals surface area contributed by atoms with Crippen LogP contribution in [-0.4, -0.2) is 66.8 Å². The molecule has 1 atom stereocenters. The van der Waals surface area contributed by atoms with Crippen LogP contribution in [0.25, 0.3) is 0 Å². The number of carbonyl (C=O) groups excluding carboxylic acids is 3. The van der Waals surface area contributed by atoms with Crippen molar-refractivity contribution in [1.29, 1.82) is 5.41 Å². The summed E-state index contributed by atoms with van der Waals surface area (Å²) in [6.45, 7) is 0.197. The number of urea groups is 1. The summed E-state index contributed by atoms with van der Waals surface area (Å²) >= 11 is 0. The monoisotopic (exact) mass is 445 g/mol. The van der Waals surface area contributed by atoms with E-state index in [-0.39, 0.29) is 12.5 Å². The Kier molecular flexibility index (Phi) is 5.52. The van der Waals surface area contributed by atoms with Crippen molar-refractivity contribution in [3.05, 3.63) is 64.7 Å². The zero-order valence-electron chi connectivity index (χ0n) is 18.5. The topological polar surface area (TPSA) is 115 Å². The molecular formula is C24H23N5O4. The van der Waals surface area contributed by atoms with Crippen molar-refractivity contribution < 1.29 is 19.1 Å². The lowest BCUT2D eigenvalue weighted by atomic mass is 9.99. The van der Waals surface area contributed by atoms with Crippen LogP contribution in [0.1, 0.15) is 27.0 Å². The smallest absolute Gasteiger partial charge is 0.323 e. The molecule has 2 heterocycles. The van der Waals surface area contributed by atoms with Crippen molar-refractivity contribution in [3.8, 4) is 17.6 Å². The van der Waals surface area contributed by atoms with Crippen molar-refractivity contribution in [1.82, 2.24) is 20.4 Å². The maximum atomic E-state index is 13.0. The molecule has 0 saturated carbocycles. The van der Waals surface area contributed by atoms with Gasteiger partial charge in [0.2, 0.25) is 5.54 Å². The Morgan fingerprint density at radius 3 is 2.52 bits per heavy atom. The Bertz CT molecular complexity index is 1230. The molecule has 168 valence electrons. The van der Waals surface area contributed by atoms with Crippen molar-refractivity contribution >= 4 is 23.7 Å². The molecule has 3 N–H and O–H groups in total. The first kappa shape index (κ1) is 21.9. The van der Waals surface area contributed by atoms with E-state index in [1.807, 2.05) is 6.07 Å². The highest BCUT2D eigenvalue weighted by molar-refractivity contribution is 6.10. The minimum absolute atomic E-state index is 0.100. The summed E-state index contributed by atoms with van der Waals surface area (Å²) < 4.78 is 5.20. The number of amides is 4. The molecule has 2 aromatic carbocycles. The second kappa shape index (κ2) is 8.31. The molecule has 33 heavy (non-hydrogen) atoms. The maximum Gasteiger partial charge on any atom is 0.323 e. The lowest BCUT2D eigenvalue weighted by molar-refractivity contribution is -0.122. The standard InChI is InChI=1S/C24H23N5O4/c1-28(2)20(25)16-6-4-15(5-7-16)10-11-24(22(31)26-23(32)27-24)14-29-13-17-8-9-18(33-3)12-19(17)21(29)30/h4-9,12,25H,13-14H2,1-3H3,(H2,26,27,31,32)/t24-/m1/s1. The van der Waals surface area contributed by atoms with E-state index in [4.69, 9.17) is 10.1 Å². The fourth-order valence-corrected chi connectivity index (χ4v) is 3.76. The summed E-state index contributed by atoms with van der Waals surface area (Å²) in [5, 5.41) is 12.9. The van der Waals surface area contributed by atoms with E-state index in [1.54, 1.807) is 55.4 Å². The Balaban J connectivity index is 1.60. The quantitative estimate of drug-likeness (QED) is 0.283. The van der Waals surface area contributed by atoms with Crippen LogP contribution in [0.15, 0.2) is 42.5 Å². The number of hydrogen-bond acceptors (Lipinski definition) is 5. The summed E-state index contributed by atoms with van der Waals surface area (Å²) in [5.41, 5.74) is 1.07. The highest BCUT2D eigenvalue weighted by atomic mass is 16.5. The number of nitrogens with one attached hydrogen (secondary N) is 3. The molecule has 2 aromatic rings. The van der Waals surface area contributed by atoms with E-state index >= 15 is 0 Å². The minimum Gasteiger partial charge on any atom is -0.497 e. The fraction of sp³-hybridized carbons (Fsp3) is 0.250. The van der Waals surface area contributed by atoms with Gasteiger partial charge in [-0.15, -0.1) is 0 Å². The van der Waals surface area contributed by atoms with Crippen molar-refractivity contribution in [2.24, 2.45) is 0 Å². The van der Waals surface area contributed by atoms with Crippen LogP contribution in [0.4, 0.5) is 4.79 Å². The van der Waals surface area contributed by atoms with E-state index in [0.717, 1.165) is 11.1 Å². The fourth-order valence-electron chi connectivity index (χ4n) is 3.76. The van der Waals surface area contributed by atoms with Gasteiger partial charge in [0.05, 0.1) is 13.7 Å². The van der Waals surface area contributed by atoms with Crippen molar-refractivity contribution in [2.75, 3.05) is 27.7 Å². The molecular weight excluding hydrogens is 422 g/mol. The summed E-state index contributed by atoms with van der Waals surface area (Å²) in [7, 11) is 5.10. The summed E-state index contributed by atoms with van der Waals surface area (Å²) in [4.78, 5) is 40.8. The molecule has 0 radical (unpaired) electrons. The molecule has 0 aromatic heterocycles. The van der Waals surface area contributed by atoms with E-state index < -0.39 is 17.5 Å². The largest absolute Gasteiger partial charge is 0.497 e. The van der Waals surface area contributed by atoms with Gasteiger partial charge in [-0.05, 0) is 29.8 Å². The molecule has 0 unspecified atom stereocenters. The molecule has 0 bridgehead atoms. The van der Waals surface area contributed by atoms with Gasteiger partial charge in [0.15, 0.2) is 0 Å². The predicted octanol–water partition coefficient (Wildman–Crippen LogP) is 1.17. The van der Waals surface area contributed by atoms with Crippen LogP contribution < -0.4 is 15.4 Å². The lowest BCUT2D eigenvalue weighted by Crippen LogP contribution is -2.54. The molecule has 2 aliphatic heterocycles. The van der Waals surface area contributed by atoms with Crippen LogP contribution in [0.3, 0.4) is 0 Å². The number of amidine groups is 1. The summed E-state index contributed by atoms with van der Waals surface area (Å²) in [5.74, 6) is 5.88. The molecule has 9 heteroatoms. The predicted molar refractivity (Wildman–Crippen MR) is 121 cm³/mol. The zero-order valence-corrected chi connectivity index (χ0v) is 18.5. The molecule has 4 amide bonds. The Morgan fingerprint density at radius 1 is 1.18 bits per heavy atom. The first-order valence-corrected chi connectivity index (χ1v) is 10.2. The first-order valence-electron chi connectivity index (χ1n) is 10.2. The SMILES string of the molecule is COc1ccc2c(c1)C(=O)N(C[C@@]1(C#Cc3ccc(C(=N)N(C)C)cc3)NC(=O)NC1=O)C2. The average molecular weight is 445 g/mol. The number of ether oxygens (including phenoxy) is 1. The van der Waals surface area contributed by atoms with Crippen LogP contribution in [0.5, 0.6) is 5.75 Å². The molecule has 0 spiro atoms. The van der Waals surface area contributed by atoms with E-state index in [9.17, 15) is 14.4 Å². The first-order chi connectivity index (χ1) is 15.7. The summed E-state index contributed by atoms with van der Waals surface area (Å²) in [6.07, 6.45) is 0. The van der Waals surface area contributed by atoms with E-state index in [1.165, 1.54) is 12.0 Å². The van der Waals surface area contributed by atoms with E-state index in [2.05, 4.69) is 22.5 Å². The number of nitrogens with zero attached hydrogens (tertiary/aromatic N) is 2. The van der Waals surface area contributed by atoms with Crippen LogP contribution in [0, 0.1) is 17.3 Å². The second-order valence-corrected chi connectivity index (χ2v) is 8.07. The Morgan fingerprint density at radius 2 is 1.91 bits per heavy atom. The highest BCUT2D eigenvalue weighted by Crippen LogP contribution is 2.28. The van der Waals surface area contributed by atoms with Crippen LogP contribution in [-0.2, 0) is 11.3 Å². The van der Waals surface area contributed by atoms with Gasteiger partial charge in [0, 0.05) is 37.3 Å². The van der Waals surface area contributed by atoms with E-state index in [0.29, 0.717) is 29.3 Å². The van der Waals surface area contributed by atoms with Gasteiger partial charge in [-0.3, -0.25) is 20.3 Å². The molecule has 2 aliphatic rings. The van der Waals surface area contributed by atoms with Gasteiger partial charge >= 0.3 is 6.03 Å². The number of methoxy groups -OCH3 is 1. The number of rotatable bonds is 4. The van der Waals surface area contributed by atoms with Crippen LogP contribution >= 0.6 is 0 Å². The third kappa shape index (κ3) is 4.11. The van der Waals surface area contributed by atoms with Gasteiger partial charge in [-0.2, -0.15) is 0 Å².